The SMILES string of the molecule is CN(C)[NH2+]Cc1cccnc1.[Cl-]. The van der Waals surface area contributed by atoms with E-state index in [1.807, 2.05) is 31.4 Å². The van der Waals surface area contributed by atoms with Crippen molar-refractivity contribution < 1.29 is 17.8 Å². The van der Waals surface area contributed by atoms with Gasteiger partial charge in [-0.25, -0.2) is 0 Å². The molecule has 0 amide bonds. The third-order valence-corrected chi connectivity index (χ3v) is 1.41. The van der Waals surface area contributed by atoms with Crippen molar-refractivity contribution in [2.24, 2.45) is 0 Å². The van der Waals surface area contributed by atoms with Crippen molar-refractivity contribution in [3.8, 4) is 0 Å². The summed E-state index contributed by atoms with van der Waals surface area (Å²) in [4.78, 5) is 4.02. The van der Waals surface area contributed by atoms with Gasteiger partial charge in [-0.05, 0) is 6.07 Å². The number of hydrogen-bond acceptors (Lipinski definition) is 2. The van der Waals surface area contributed by atoms with Gasteiger partial charge in [0.1, 0.15) is 6.54 Å². The minimum atomic E-state index is 0. The Morgan fingerprint density at radius 1 is 1.50 bits per heavy atom. The van der Waals surface area contributed by atoms with E-state index in [0.29, 0.717) is 0 Å². The van der Waals surface area contributed by atoms with Crippen LogP contribution in [-0.4, -0.2) is 24.1 Å². The van der Waals surface area contributed by atoms with Crippen LogP contribution in [0.25, 0.3) is 0 Å². The molecule has 2 N–H and O–H groups in total. The van der Waals surface area contributed by atoms with Gasteiger partial charge in [0.05, 0.1) is 0 Å². The van der Waals surface area contributed by atoms with E-state index in [4.69, 9.17) is 0 Å². The van der Waals surface area contributed by atoms with Crippen molar-refractivity contribution in [3.63, 3.8) is 0 Å². The molecule has 0 aliphatic carbocycles. The van der Waals surface area contributed by atoms with Crippen molar-refractivity contribution in [2.75, 3.05) is 14.1 Å². The fourth-order valence-electron chi connectivity index (χ4n) is 0.807. The summed E-state index contributed by atoms with van der Waals surface area (Å²) in [7, 11) is 4.05. The second kappa shape index (κ2) is 5.94. The topological polar surface area (TPSA) is 32.7 Å². The van der Waals surface area contributed by atoms with Gasteiger partial charge in [-0.3, -0.25) is 10.4 Å². The summed E-state index contributed by atoms with van der Waals surface area (Å²) in [6.45, 7) is 0.959. The van der Waals surface area contributed by atoms with E-state index in [-0.39, 0.29) is 12.4 Å². The number of aromatic nitrogens is 1. The summed E-state index contributed by atoms with van der Waals surface area (Å²) in [5, 5.41) is 2.05. The first-order valence-electron chi connectivity index (χ1n) is 3.67. The number of hydrogen-bond donors (Lipinski definition) is 1. The van der Waals surface area contributed by atoms with Crippen LogP contribution in [0.4, 0.5) is 0 Å². The van der Waals surface area contributed by atoms with Gasteiger partial charge >= 0.3 is 0 Å². The fraction of sp³-hybridized carbons (Fsp3) is 0.375. The Morgan fingerprint density at radius 2 is 2.25 bits per heavy atom. The van der Waals surface area contributed by atoms with Crippen molar-refractivity contribution in [1.82, 2.24) is 9.99 Å². The zero-order valence-corrected chi connectivity index (χ0v) is 8.12. The molecule has 0 aliphatic heterocycles. The summed E-state index contributed by atoms with van der Waals surface area (Å²) in [5.41, 5.74) is 3.37. The Kier molecular flexibility index (Phi) is 5.62. The Morgan fingerprint density at radius 3 is 2.75 bits per heavy atom. The maximum absolute atomic E-state index is 4.02. The van der Waals surface area contributed by atoms with Crippen molar-refractivity contribution >= 4 is 0 Å². The summed E-state index contributed by atoms with van der Waals surface area (Å²) >= 11 is 0. The lowest BCUT2D eigenvalue weighted by Crippen LogP contribution is -3.00. The van der Waals surface area contributed by atoms with Crippen LogP contribution < -0.4 is 17.8 Å². The third-order valence-electron chi connectivity index (χ3n) is 1.41. The molecule has 3 nitrogen and oxygen atoms in total. The van der Waals surface area contributed by atoms with Gasteiger partial charge < -0.3 is 12.4 Å². The Hall–Kier alpha value is -0.640. The summed E-state index contributed by atoms with van der Waals surface area (Å²) in [5.74, 6) is 0. The molecular formula is C8H14ClN3. The number of nitrogens with two attached hydrogens (primary N) is 1. The predicted molar refractivity (Wildman–Crippen MR) is 43.6 cm³/mol. The maximum atomic E-state index is 4.02. The fourth-order valence-corrected chi connectivity index (χ4v) is 0.807. The maximum Gasteiger partial charge on any atom is 0.120 e. The van der Waals surface area contributed by atoms with Crippen molar-refractivity contribution in [2.45, 2.75) is 6.54 Å². The third kappa shape index (κ3) is 4.28. The van der Waals surface area contributed by atoms with E-state index in [1.54, 1.807) is 6.20 Å². The lowest BCUT2D eigenvalue weighted by Gasteiger charge is -2.06. The second-order valence-corrected chi connectivity index (χ2v) is 2.71. The van der Waals surface area contributed by atoms with Gasteiger partial charge in [-0.1, -0.05) is 6.07 Å². The molecule has 0 aromatic carbocycles. The molecule has 68 valence electrons. The molecule has 0 spiro atoms. The molecule has 0 aliphatic rings. The van der Waals surface area contributed by atoms with Crippen LogP contribution in [0.2, 0.25) is 0 Å². The Balaban J connectivity index is 0.00000121. The molecule has 1 aromatic rings. The highest BCUT2D eigenvalue weighted by Crippen LogP contribution is 1.90. The molecule has 0 unspecified atom stereocenters. The monoisotopic (exact) mass is 187 g/mol. The summed E-state index contributed by atoms with van der Waals surface area (Å²) in [6, 6.07) is 4.03. The Labute approximate surface area is 79.2 Å². The largest absolute Gasteiger partial charge is 1.00 e. The van der Waals surface area contributed by atoms with Crippen molar-refractivity contribution in [3.05, 3.63) is 30.1 Å². The normalized spacial score (nSPS) is 9.58. The number of pyridine rings is 1. The van der Waals surface area contributed by atoms with Crippen molar-refractivity contribution in [1.29, 1.82) is 0 Å². The first-order valence-corrected chi connectivity index (χ1v) is 3.67. The molecule has 4 heteroatoms. The number of nitrogens with zero attached hydrogens (tertiary/aromatic N) is 2. The summed E-state index contributed by atoms with van der Waals surface area (Å²) < 4.78 is 0. The Bertz CT molecular complexity index is 201. The second-order valence-electron chi connectivity index (χ2n) is 2.71. The highest BCUT2D eigenvalue weighted by atomic mass is 35.5. The highest BCUT2D eigenvalue weighted by Gasteiger charge is 1.94. The van der Waals surface area contributed by atoms with Gasteiger partial charge in [0, 0.05) is 32.1 Å². The number of quaternary nitrogens is 1. The first kappa shape index (κ1) is 11.4. The average molecular weight is 188 g/mol. The summed E-state index contributed by atoms with van der Waals surface area (Å²) in [6.07, 6.45) is 3.68. The molecule has 1 heterocycles. The van der Waals surface area contributed by atoms with E-state index in [2.05, 4.69) is 16.5 Å². The van der Waals surface area contributed by atoms with Gasteiger partial charge in [0.25, 0.3) is 0 Å². The molecule has 1 aromatic heterocycles. The molecule has 0 saturated heterocycles. The van der Waals surface area contributed by atoms with Crippen LogP contribution >= 0.6 is 0 Å². The molecule has 1 rings (SSSR count). The zero-order valence-electron chi connectivity index (χ0n) is 7.37. The minimum absolute atomic E-state index is 0. The highest BCUT2D eigenvalue weighted by molar-refractivity contribution is 5.05. The van der Waals surface area contributed by atoms with Crippen LogP contribution in [0, 0.1) is 0 Å². The van der Waals surface area contributed by atoms with E-state index in [9.17, 15) is 0 Å². The molecule has 0 bridgehead atoms. The molecule has 0 radical (unpaired) electrons. The van der Waals surface area contributed by atoms with Gasteiger partial charge in [0.15, 0.2) is 0 Å². The standard InChI is InChI=1S/C8H13N3.ClH/c1-11(2)10-7-8-4-3-5-9-6-8;/h3-6,10H,7H2,1-2H3;1H. The van der Waals surface area contributed by atoms with E-state index < -0.39 is 0 Å². The molecular weight excluding hydrogens is 174 g/mol. The average Bonchev–Trinajstić information content (AvgIpc) is 2.03. The number of halogens is 1. The predicted octanol–water partition coefficient (Wildman–Crippen LogP) is -3.37. The number of rotatable bonds is 3. The molecule has 0 fully saturated rings. The van der Waals surface area contributed by atoms with E-state index in [1.165, 1.54) is 5.56 Å². The zero-order chi connectivity index (χ0) is 8.10. The lowest BCUT2D eigenvalue weighted by molar-refractivity contribution is -0.807. The quantitative estimate of drug-likeness (QED) is 0.396. The van der Waals surface area contributed by atoms with Crippen LogP contribution in [0.3, 0.4) is 0 Å². The van der Waals surface area contributed by atoms with Gasteiger partial charge in [-0.2, -0.15) is 5.01 Å². The van der Waals surface area contributed by atoms with E-state index >= 15 is 0 Å². The first-order chi connectivity index (χ1) is 5.29. The minimum Gasteiger partial charge on any atom is -1.00 e. The van der Waals surface area contributed by atoms with Gasteiger partial charge in [0.2, 0.25) is 0 Å². The van der Waals surface area contributed by atoms with Crippen LogP contribution in [0.15, 0.2) is 24.5 Å². The van der Waals surface area contributed by atoms with Crippen LogP contribution in [0.1, 0.15) is 5.56 Å². The molecule has 0 saturated carbocycles. The lowest BCUT2D eigenvalue weighted by atomic mass is 10.3. The van der Waals surface area contributed by atoms with Crippen LogP contribution in [-0.2, 0) is 6.54 Å². The smallest absolute Gasteiger partial charge is 0.120 e. The molecule has 12 heavy (non-hydrogen) atoms. The molecule has 0 atom stereocenters. The van der Waals surface area contributed by atoms with Gasteiger partial charge in [-0.15, -0.1) is 0 Å². The van der Waals surface area contributed by atoms with Crippen LogP contribution in [0.5, 0.6) is 0 Å². The van der Waals surface area contributed by atoms with E-state index in [0.717, 1.165) is 6.54 Å².